The summed E-state index contributed by atoms with van der Waals surface area (Å²) >= 11 is 0. The lowest BCUT2D eigenvalue weighted by atomic mass is 10.2. The van der Waals surface area contributed by atoms with Gasteiger partial charge in [-0.3, -0.25) is 4.79 Å². The smallest absolute Gasteiger partial charge is 0.330 e. The van der Waals surface area contributed by atoms with E-state index >= 15 is 0 Å². The summed E-state index contributed by atoms with van der Waals surface area (Å²) in [5.41, 5.74) is 0.999. The summed E-state index contributed by atoms with van der Waals surface area (Å²) in [6, 6.07) is 9.67. The number of hydrogen-bond donors (Lipinski definition) is 0. The average Bonchev–Trinajstić information content (AvgIpc) is 2.58. The van der Waals surface area contributed by atoms with Gasteiger partial charge in [-0.15, -0.1) is 0 Å². The van der Waals surface area contributed by atoms with Gasteiger partial charge >= 0.3 is 11.9 Å². The zero-order valence-corrected chi connectivity index (χ0v) is 16.2. The lowest BCUT2D eigenvalue weighted by Crippen LogP contribution is -2.08. The van der Waals surface area contributed by atoms with Crippen LogP contribution in [0, 0.1) is 11.8 Å². The second-order valence-electron chi connectivity index (χ2n) is 6.59. The zero-order valence-electron chi connectivity index (χ0n) is 16.2. The highest BCUT2D eigenvalue weighted by atomic mass is 16.5. The van der Waals surface area contributed by atoms with Gasteiger partial charge in [-0.1, -0.05) is 65.0 Å². The maximum atomic E-state index is 11.2. The van der Waals surface area contributed by atoms with Crippen molar-refractivity contribution < 1.29 is 19.1 Å². The van der Waals surface area contributed by atoms with Crippen LogP contribution in [0.15, 0.2) is 36.4 Å². The minimum Gasteiger partial charge on any atom is -0.465 e. The molecule has 0 spiro atoms. The van der Waals surface area contributed by atoms with E-state index in [1.807, 2.05) is 65.0 Å². The molecule has 4 nitrogen and oxygen atoms in total. The van der Waals surface area contributed by atoms with E-state index in [0.717, 1.165) is 12.0 Å². The topological polar surface area (TPSA) is 52.6 Å². The molecule has 0 aliphatic carbocycles. The molecule has 0 aromatic heterocycles. The molecule has 0 amide bonds. The lowest BCUT2D eigenvalue weighted by Gasteiger charge is -2.05. The minimum absolute atomic E-state index is 0.0730. The van der Waals surface area contributed by atoms with Crippen molar-refractivity contribution in [1.82, 2.24) is 0 Å². The van der Waals surface area contributed by atoms with E-state index in [-0.39, 0.29) is 11.9 Å². The number of esters is 2. The van der Waals surface area contributed by atoms with Gasteiger partial charge in [-0.05, 0) is 29.9 Å². The van der Waals surface area contributed by atoms with Crippen molar-refractivity contribution in [2.24, 2.45) is 11.8 Å². The first-order valence-electron chi connectivity index (χ1n) is 8.90. The fourth-order valence-corrected chi connectivity index (χ4v) is 1.56. The van der Waals surface area contributed by atoms with Crippen molar-refractivity contribution in [2.75, 3.05) is 13.2 Å². The van der Waals surface area contributed by atoms with Crippen LogP contribution in [0.2, 0.25) is 0 Å². The summed E-state index contributed by atoms with van der Waals surface area (Å²) in [5, 5.41) is 0. The number of carbonyl (C=O) groups is 2. The largest absolute Gasteiger partial charge is 0.465 e. The van der Waals surface area contributed by atoms with Crippen molar-refractivity contribution in [1.29, 1.82) is 0 Å². The Hall–Kier alpha value is -2.10. The SMILES string of the molecule is CC(C)COC(=O)/C=C/c1ccccc1.CCCC(=O)OCC(C)C. The van der Waals surface area contributed by atoms with Crippen molar-refractivity contribution in [2.45, 2.75) is 47.5 Å². The first-order valence-corrected chi connectivity index (χ1v) is 8.90. The summed E-state index contributed by atoms with van der Waals surface area (Å²) in [4.78, 5) is 21.9. The molecule has 0 aliphatic rings. The molecule has 140 valence electrons. The Labute approximate surface area is 152 Å². The molecule has 0 fully saturated rings. The molecule has 0 atom stereocenters. The minimum atomic E-state index is -0.285. The van der Waals surface area contributed by atoms with Crippen molar-refractivity contribution in [3.63, 3.8) is 0 Å². The first kappa shape index (κ1) is 22.9. The van der Waals surface area contributed by atoms with Gasteiger partial charge in [-0.2, -0.15) is 0 Å². The average molecular weight is 348 g/mol. The van der Waals surface area contributed by atoms with Crippen molar-refractivity contribution >= 4 is 18.0 Å². The van der Waals surface area contributed by atoms with Crippen LogP contribution in [-0.2, 0) is 19.1 Å². The summed E-state index contributed by atoms with van der Waals surface area (Å²) in [6.07, 6.45) is 4.63. The number of ether oxygens (including phenoxy) is 2. The molecule has 4 heteroatoms. The van der Waals surface area contributed by atoms with Crippen LogP contribution in [0.5, 0.6) is 0 Å². The van der Waals surface area contributed by atoms with E-state index in [1.54, 1.807) is 6.08 Å². The third kappa shape index (κ3) is 15.2. The lowest BCUT2D eigenvalue weighted by molar-refractivity contribution is -0.144. The number of carbonyl (C=O) groups excluding carboxylic acids is 2. The summed E-state index contributed by atoms with van der Waals surface area (Å²) in [6.45, 7) is 11.1. The molecule has 25 heavy (non-hydrogen) atoms. The molecule has 1 aromatic carbocycles. The molecular weight excluding hydrogens is 316 g/mol. The zero-order chi connectivity index (χ0) is 19.1. The number of rotatable bonds is 8. The number of hydrogen-bond acceptors (Lipinski definition) is 4. The highest BCUT2D eigenvalue weighted by Gasteiger charge is 2.01. The van der Waals surface area contributed by atoms with Gasteiger partial charge < -0.3 is 9.47 Å². The Morgan fingerprint density at radius 2 is 1.52 bits per heavy atom. The van der Waals surface area contributed by atoms with Gasteiger partial charge in [0.1, 0.15) is 0 Å². The van der Waals surface area contributed by atoms with Gasteiger partial charge in [0.15, 0.2) is 0 Å². The van der Waals surface area contributed by atoms with E-state index in [1.165, 1.54) is 6.08 Å². The quantitative estimate of drug-likeness (QED) is 0.496. The van der Waals surface area contributed by atoms with Gasteiger partial charge in [0.05, 0.1) is 13.2 Å². The molecule has 0 unspecified atom stereocenters. The van der Waals surface area contributed by atoms with E-state index in [9.17, 15) is 9.59 Å². The van der Waals surface area contributed by atoms with Crippen molar-refractivity contribution in [3.05, 3.63) is 42.0 Å². The van der Waals surface area contributed by atoms with Gasteiger partial charge in [0.25, 0.3) is 0 Å². The predicted octanol–water partition coefficient (Wildman–Crippen LogP) is 4.88. The highest BCUT2D eigenvalue weighted by Crippen LogP contribution is 2.01. The van der Waals surface area contributed by atoms with E-state index < -0.39 is 0 Å². The van der Waals surface area contributed by atoms with Crippen LogP contribution in [-0.4, -0.2) is 25.2 Å². The molecule has 1 aromatic rings. The van der Waals surface area contributed by atoms with E-state index in [0.29, 0.717) is 31.5 Å². The summed E-state index contributed by atoms with van der Waals surface area (Å²) in [5.74, 6) is 0.462. The Morgan fingerprint density at radius 3 is 2.04 bits per heavy atom. The van der Waals surface area contributed by atoms with Crippen LogP contribution < -0.4 is 0 Å². The van der Waals surface area contributed by atoms with E-state index in [2.05, 4.69) is 0 Å². The third-order valence-electron chi connectivity index (χ3n) is 2.80. The maximum absolute atomic E-state index is 11.2. The highest BCUT2D eigenvalue weighted by molar-refractivity contribution is 5.87. The predicted molar refractivity (Wildman–Crippen MR) is 102 cm³/mol. The van der Waals surface area contributed by atoms with Gasteiger partial charge in [0, 0.05) is 12.5 Å². The Morgan fingerprint density at radius 1 is 0.960 bits per heavy atom. The Kier molecular flexibility index (Phi) is 13.1. The van der Waals surface area contributed by atoms with Crippen LogP contribution in [0.25, 0.3) is 6.08 Å². The van der Waals surface area contributed by atoms with Crippen LogP contribution in [0.4, 0.5) is 0 Å². The molecule has 0 N–H and O–H groups in total. The summed E-state index contributed by atoms with van der Waals surface area (Å²) in [7, 11) is 0. The Balaban J connectivity index is 0.000000504. The summed E-state index contributed by atoms with van der Waals surface area (Å²) < 4.78 is 9.90. The molecule has 0 radical (unpaired) electrons. The van der Waals surface area contributed by atoms with Crippen LogP contribution in [0.3, 0.4) is 0 Å². The van der Waals surface area contributed by atoms with Gasteiger partial charge in [0.2, 0.25) is 0 Å². The Bertz CT molecular complexity index is 504. The normalized spacial score (nSPS) is 10.5. The molecule has 0 heterocycles. The fraction of sp³-hybridized carbons (Fsp3) is 0.524. The number of benzene rings is 1. The second-order valence-corrected chi connectivity index (χ2v) is 6.59. The molecule has 0 saturated heterocycles. The standard InChI is InChI=1S/C13H16O2.C8H16O2/c1-11(2)10-15-13(14)9-8-12-6-4-3-5-7-12;1-4-5-8(9)10-6-7(2)3/h3-9,11H,10H2,1-2H3;7H,4-6H2,1-3H3/b9-8+;. The first-order chi connectivity index (χ1) is 11.8. The fourth-order valence-electron chi connectivity index (χ4n) is 1.56. The molecule has 1 rings (SSSR count). The van der Waals surface area contributed by atoms with Gasteiger partial charge in [-0.25, -0.2) is 4.79 Å². The maximum Gasteiger partial charge on any atom is 0.330 e. The van der Waals surface area contributed by atoms with Crippen LogP contribution >= 0.6 is 0 Å². The monoisotopic (exact) mass is 348 g/mol. The third-order valence-corrected chi connectivity index (χ3v) is 2.80. The molecular formula is C21H32O4. The van der Waals surface area contributed by atoms with Crippen molar-refractivity contribution in [3.8, 4) is 0 Å². The molecule has 0 saturated carbocycles. The van der Waals surface area contributed by atoms with E-state index in [4.69, 9.17) is 9.47 Å². The molecule has 0 bridgehead atoms. The van der Waals surface area contributed by atoms with Crippen LogP contribution in [0.1, 0.15) is 53.0 Å². The second kappa shape index (κ2) is 14.3. The molecule has 0 aliphatic heterocycles.